The zero-order chi connectivity index (χ0) is 15.6. The van der Waals surface area contributed by atoms with E-state index in [9.17, 15) is 0 Å². The van der Waals surface area contributed by atoms with E-state index in [1.165, 1.54) is 5.56 Å². The predicted molar refractivity (Wildman–Crippen MR) is 94.1 cm³/mol. The van der Waals surface area contributed by atoms with Gasteiger partial charge in [0.2, 0.25) is 0 Å². The molecule has 2 heterocycles. The molecule has 1 aromatic heterocycles. The van der Waals surface area contributed by atoms with Crippen LogP contribution in [0.1, 0.15) is 11.7 Å². The second-order valence-corrected chi connectivity index (χ2v) is 6.66. The molecule has 0 spiro atoms. The largest absolute Gasteiger partial charge is 0.371 e. The Morgan fingerprint density at radius 1 is 1.13 bits per heavy atom. The summed E-state index contributed by atoms with van der Waals surface area (Å²) in [5.74, 6) is 0. The summed E-state index contributed by atoms with van der Waals surface area (Å²) >= 11 is 3.59. The molecule has 3 aromatic rings. The van der Waals surface area contributed by atoms with E-state index in [0.29, 0.717) is 0 Å². The molecule has 0 bridgehead atoms. The molecule has 0 amide bonds. The third-order valence-corrected chi connectivity index (χ3v) is 4.98. The Labute approximate surface area is 143 Å². The van der Waals surface area contributed by atoms with Gasteiger partial charge in [0, 0.05) is 22.9 Å². The number of fused-ring (bicyclic) bond motifs is 1. The molecule has 23 heavy (non-hydrogen) atoms. The van der Waals surface area contributed by atoms with Crippen molar-refractivity contribution in [1.82, 2.24) is 14.7 Å². The summed E-state index contributed by atoms with van der Waals surface area (Å²) in [5.41, 5.74) is 2.40. The minimum Gasteiger partial charge on any atom is -0.371 e. The van der Waals surface area contributed by atoms with Gasteiger partial charge in [-0.15, -0.1) is 0 Å². The third kappa shape index (κ3) is 3.04. The van der Waals surface area contributed by atoms with Gasteiger partial charge in [-0.1, -0.05) is 52.3 Å². The highest BCUT2D eigenvalue weighted by Gasteiger charge is 2.22. The number of benzene rings is 2. The van der Waals surface area contributed by atoms with Crippen molar-refractivity contribution in [3.8, 4) is 0 Å². The average molecular weight is 372 g/mol. The van der Waals surface area contributed by atoms with E-state index in [4.69, 9.17) is 4.74 Å². The van der Waals surface area contributed by atoms with Crippen molar-refractivity contribution in [2.45, 2.75) is 12.8 Å². The number of hydrogen-bond donors (Lipinski definition) is 0. The Kier molecular flexibility index (Phi) is 4.16. The fraction of sp³-hybridized carbons (Fsp3) is 0.278. The van der Waals surface area contributed by atoms with Gasteiger partial charge in [-0.2, -0.15) is 5.10 Å². The van der Waals surface area contributed by atoms with Crippen molar-refractivity contribution < 1.29 is 4.74 Å². The molecule has 0 aliphatic carbocycles. The summed E-state index contributed by atoms with van der Waals surface area (Å²) in [4.78, 5) is 2.40. The van der Waals surface area contributed by atoms with Crippen LogP contribution < -0.4 is 0 Å². The topological polar surface area (TPSA) is 30.3 Å². The first kappa shape index (κ1) is 14.9. The van der Waals surface area contributed by atoms with E-state index in [1.54, 1.807) is 0 Å². The van der Waals surface area contributed by atoms with E-state index >= 15 is 0 Å². The molecule has 0 radical (unpaired) electrons. The third-order valence-electron chi connectivity index (χ3n) is 4.29. The van der Waals surface area contributed by atoms with Crippen molar-refractivity contribution in [2.75, 3.05) is 19.7 Å². The fourth-order valence-electron chi connectivity index (χ4n) is 3.07. The fourth-order valence-corrected chi connectivity index (χ4v) is 3.53. The lowest BCUT2D eigenvalue weighted by molar-refractivity contribution is -0.0411. The number of halogens is 1. The molecule has 1 aliphatic heterocycles. The summed E-state index contributed by atoms with van der Waals surface area (Å²) < 4.78 is 9.09. The second-order valence-electron chi connectivity index (χ2n) is 5.81. The molecule has 5 heteroatoms. The molecule has 4 rings (SSSR count). The Hall–Kier alpha value is -1.69. The number of hydrogen-bond acceptors (Lipinski definition) is 3. The molecule has 1 aliphatic rings. The molecule has 118 valence electrons. The van der Waals surface area contributed by atoms with Crippen LogP contribution in [-0.2, 0) is 11.4 Å². The van der Waals surface area contributed by atoms with Crippen LogP contribution in [-0.4, -0.2) is 34.4 Å². The van der Waals surface area contributed by atoms with Crippen LogP contribution in [0.5, 0.6) is 0 Å². The molecule has 1 fully saturated rings. The van der Waals surface area contributed by atoms with Gasteiger partial charge < -0.3 is 4.74 Å². The van der Waals surface area contributed by atoms with Gasteiger partial charge in [-0.05, 0) is 17.7 Å². The summed E-state index contributed by atoms with van der Waals surface area (Å²) in [5, 5.41) is 5.71. The van der Waals surface area contributed by atoms with Gasteiger partial charge in [0.15, 0.2) is 0 Å². The molecule has 1 saturated heterocycles. The molecule has 0 saturated carbocycles. The van der Waals surface area contributed by atoms with Gasteiger partial charge >= 0.3 is 0 Å². The summed E-state index contributed by atoms with van der Waals surface area (Å²) in [6, 6.07) is 16.7. The Balaban J connectivity index is 1.53. The van der Waals surface area contributed by atoms with E-state index in [2.05, 4.69) is 73.1 Å². The van der Waals surface area contributed by atoms with Crippen molar-refractivity contribution >= 4 is 26.8 Å². The lowest BCUT2D eigenvalue weighted by atomic mass is 10.1. The molecular formula is C18H18BrN3O. The van der Waals surface area contributed by atoms with Gasteiger partial charge in [0.1, 0.15) is 0 Å². The highest BCUT2D eigenvalue weighted by molar-refractivity contribution is 9.10. The monoisotopic (exact) mass is 371 g/mol. The zero-order valence-corrected chi connectivity index (χ0v) is 14.3. The smallest absolute Gasteiger partial charge is 0.0953 e. The van der Waals surface area contributed by atoms with Crippen LogP contribution in [0.3, 0.4) is 0 Å². The predicted octanol–water partition coefficient (Wildman–Crippen LogP) is 3.83. The molecule has 1 atom stereocenters. The summed E-state index contributed by atoms with van der Waals surface area (Å²) in [7, 11) is 0. The summed E-state index contributed by atoms with van der Waals surface area (Å²) in [6.07, 6.45) is 2.06. The van der Waals surface area contributed by atoms with E-state index in [0.717, 1.165) is 41.7 Å². The van der Waals surface area contributed by atoms with Crippen molar-refractivity contribution in [1.29, 1.82) is 0 Å². The highest BCUT2D eigenvalue weighted by Crippen LogP contribution is 2.25. The number of aromatic nitrogens is 2. The Bertz CT molecular complexity index is 802. The summed E-state index contributed by atoms with van der Waals surface area (Å²) in [6.45, 7) is 3.35. The van der Waals surface area contributed by atoms with Crippen molar-refractivity contribution in [2.24, 2.45) is 0 Å². The van der Waals surface area contributed by atoms with E-state index in [-0.39, 0.29) is 6.10 Å². The average Bonchev–Trinajstić information content (AvgIpc) is 3.00. The SMILES string of the molecule is Brc1cccc2c1cnn2CN1CCOC(c2ccccc2)C1. The molecule has 2 aromatic carbocycles. The maximum atomic E-state index is 5.94. The van der Waals surface area contributed by atoms with Crippen LogP contribution in [0.25, 0.3) is 10.9 Å². The number of ether oxygens (including phenoxy) is 1. The lowest BCUT2D eigenvalue weighted by Crippen LogP contribution is -2.39. The Morgan fingerprint density at radius 2 is 2.00 bits per heavy atom. The van der Waals surface area contributed by atoms with Gasteiger partial charge in [-0.3, -0.25) is 9.58 Å². The minimum absolute atomic E-state index is 0.138. The minimum atomic E-state index is 0.138. The molecule has 1 unspecified atom stereocenters. The zero-order valence-electron chi connectivity index (χ0n) is 12.7. The maximum Gasteiger partial charge on any atom is 0.0953 e. The van der Waals surface area contributed by atoms with Crippen LogP contribution in [0.15, 0.2) is 59.2 Å². The quantitative estimate of drug-likeness (QED) is 0.700. The van der Waals surface area contributed by atoms with Gasteiger partial charge in [-0.25, -0.2) is 0 Å². The molecule has 4 nitrogen and oxygen atoms in total. The highest BCUT2D eigenvalue weighted by atomic mass is 79.9. The number of nitrogens with zero attached hydrogens (tertiary/aromatic N) is 3. The normalized spacial score (nSPS) is 19.3. The van der Waals surface area contributed by atoms with Crippen molar-refractivity contribution in [3.05, 3.63) is 64.8 Å². The van der Waals surface area contributed by atoms with E-state index < -0.39 is 0 Å². The van der Waals surface area contributed by atoms with Crippen molar-refractivity contribution in [3.63, 3.8) is 0 Å². The van der Waals surface area contributed by atoms with Crippen LogP contribution in [0.2, 0.25) is 0 Å². The first-order chi connectivity index (χ1) is 11.3. The van der Waals surface area contributed by atoms with Crippen LogP contribution in [0, 0.1) is 0 Å². The number of rotatable bonds is 3. The second kappa shape index (κ2) is 6.43. The van der Waals surface area contributed by atoms with E-state index in [1.807, 2.05) is 12.3 Å². The van der Waals surface area contributed by atoms with Gasteiger partial charge in [0.05, 0.1) is 31.1 Å². The van der Waals surface area contributed by atoms with Crippen LogP contribution in [0.4, 0.5) is 0 Å². The first-order valence-electron chi connectivity index (χ1n) is 7.80. The van der Waals surface area contributed by atoms with Crippen LogP contribution >= 0.6 is 15.9 Å². The number of morpholine rings is 1. The van der Waals surface area contributed by atoms with Gasteiger partial charge in [0.25, 0.3) is 0 Å². The first-order valence-corrected chi connectivity index (χ1v) is 8.59. The molecule has 0 N–H and O–H groups in total. The maximum absolute atomic E-state index is 5.94. The standard InChI is InChI=1S/C18H18BrN3O/c19-16-7-4-8-17-15(16)11-20-22(17)13-21-9-10-23-18(12-21)14-5-2-1-3-6-14/h1-8,11,18H,9-10,12-13H2. The molecular weight excluding hydrogens is 354 g/mol. The Morgan fingerprint density at radius 3 is 2.87 bits per heavy atom. The lowest BCUT2D eigenvalue weighted by Gasteiger charge is -2.33.